The molecule has 2 fully saturated rings. The zero-order chi connectivity index (χ0) is 30.5. The van der Waals surface area contributed by atoms with E-state index in [1.165, 1.54) is 24.4 Å². The summed E-state index contributed by atoms with van der Waals surface area (Å²) in [6.07, 6.45) is 6.55. The van der Waals surface area contributed by atoms with Gasteiger partial charge in [0, 0.05) is 36.0 Å². The van der Waals surface area contributed by atoms with Gasteiger partial charge in [0.15, 0.2) is 0 Å². The summed E-state index contributed by atoms with van der Waals surface area (Å²) in [5.41, 5.74) is 1.08. The van der Waals surface area contributed by atoms with Gasteiger partial charge in [0.25, 0.3) is 5.91 Å². The summed E-state index contributed by atoms with van der Waals surface area (Å²) in [6, 6.07) is 12.2. The minimum absolute atomic E-state index is 0.0957. The van der Waals surface area contributed by atoms with Crippen molar-refractivity contribution in [3.8, 4) is 22.9 Å². The van der Waals surface area contributed by atoms with Gasteiger partial charge in [0.05, 0.1) is 39.7 Å². The highest BCUT2D eigenvalue weighted by atomic mass is 35.5. The number of amides is 1. The molecule has 4 heterocycles. The highest BCUT2D eigenvalue weighted by Gasteiger charge is 2.48. The summed E-state index contributed by atoms with van der Waals surface area (Å²) in [5.74, 6) is 0.969. The maximum atomic E-state index is 14.3. The van der Waals surface area contributed by atoms with Crippen LogP contribution in [0.15, 0.2) is 55.0 Å². The third-order valence-corrected chi connectivity index (χ3v) is 8.60. The first kappa shape index (κ1) is 28.9. The van der Waals surface area contributed by atoms with Crippen LogP contribution in [0, 0.1) is 29.0 Å². The predicted octanol–water partition coefficient (Wildman–Crippen LogP) is 5.25. The van der Waals surface area contributed by atoms with Crippen molar-refractivity contribution in [1.82, 2.24) is 19.9 Å². The smallest absolute Gasteiger partial charge is 0.256 e. The Morgan fingerprint density at radius 1 is 1.26 bits per heavy atom. The number of pyridine rings is 2. The van der Waals surface area contributed by atoms with E-state index in [4.69, 9.17) is 21.3 Å². The van der Waals surface area contributed by atoms with Crippen molar-refractivity contribution in [3.63, 3.8) is 0 Å². The van der Waals surface area contributed by atoms with Crippen LogP contribution in [0.25, 0.3) is 16.6 Å². The van der Waals surface area contributed by atoms with Gasteiger partial charge in [-0.3, -0.25) is 4.79 Å². The molecule has 3 atom stereocenters. The molecular weight excluding hydrogens is 571 g/mol. The van der Waals surface area contributed by atoms with E-state index >= 15 is 0 Å². The first-order valence-corrected chi connectivity index (χ1v) is 14.6. The Morgan fingerprint density at radius 3 is 2.63 bits per heavy atom. The predicted molar refractivity (Wildman–Crippen MR) is 161 cm³/mol. The fourth-order valence-corrected chi connectivity index (χ4v) is 6.70. The number of aromatic nitrogens is 3. The van der Waals surface area contributed by atoms with E-state index < -0.39 is 22.9 Å². The van der Waals surface area contributed by atoms with E-state index in [1.54, 1.807) is 30.8 Å². The largest absolute Gasteiger partial charge is 0.489 e. The van der Waals surface area contributed by atoms with Gasteiger partial charge in [0.1, 0.15) is 30.1 Å². The monoisotopic (exact) mass is 602 g/mol. The van der Waals surface area contributed by atoms with Crippen LogP contribution >= 0.6 is 11.6 Å². The average molecular weight is 603 g/mol. The minimum Gasteiger partial charge on any atom is -0.489 e. The summed E-state index contributed by atoms with van der Waals surface area (Å²) in [7, 11) is 0. The maximum Gasteiger partial charge on any atom is 0.256 e. The molecule has 11 heteroatoms. The number of halogens is 2. The standard InChI is InChI=1S/C32H32ClFN6O3/c1-31(2,42)18-43-23-9-24(29-22(12-35)14-37-40(29)17-23)19-7-8-27(36-13-19)39-15-20-10-32(3,11-21(20)16-39)38-30(41)28-25(33)5-4-6-26(28)34/h4-9,13-14,17,20-21,42H,10-11,15-16,18H2,1-3H3,(H,38,41)/t20-,21+,32?. The van der Waals surface area contributed by atoms with E-state index in [1.807, 2.05) is 25.1 Å². The normalized spacial score (nSPS) is 21.6. The van der Waals surface area contributed by atoms with Gasteiger partial charge in [-0.15, -0.1) is 0 Å². The number of hydrogen-bond acceptors (Lipinski definition) is 7. The van der Waals surface area contributed by atoms with Gasteiger partial charge in [0.2, 0.25) is 0 Å². The first-order valence-electron chi connectivity index (χ1n) is 14.2. The number of nitrogens with one attached hydrogen (secondary N) is 1. The molecule has 222 valence electrons. The van der Waals surface area contributed by atoms with Gasteiger partial charge in [-0.25, -0.2) is 13.9 Å². The fraction of sp³-hybridized carbons (Fsp3) is 0.375. The van der Waals surface area contributed by atoms with Crippen LogP contribution in [0.3, 0.4) is 0 Å². The quantitative estimate of drug-likeness (QED) is 0.297. The zero-order valence-electron chi connectivity index (χ0n) is 24.1. The average Bonchev–Trinajstić information content (AvgIpc) is 3.62. The van der Waals surface area contributed by atoms with Crippen molar-refractivity contribution in [3.05, 3.63) is 77.0 Å². The third kappa shape index (κ3) is 5.75. The number of hydrogen-bond donors (Lipinski definition) is 2. The topological polar surface area (TPSA) is 116 Å². The number of aliphatic hydroxyl groups is 1. The van der Waals surface area contributed by atoms with Crippen molar-refractivity contribution < 1.29 is 19.0 Å². The maximum absolute atomic E-state index is 14.3. The van der Waals surface area contributed by atoms with Crippen LogP contribution in [-0.2, 0) is 0 Å². The number of anilines is 1. The summed E-state index contributed by atoms with van der Waals surface area (Å²) < 4.78 is 21.8. The molecule has 1 aliphatic heterocycles. The molecule has 1 unspecified atom stereocenters. The Kier molecular flexibility index (Phi) is 7.27. The second-order valence-corrected chi connectivity index (χ2v) is 12.9. The second kappa shape index (κ2) is 10.8. The molecule has 9 nitrogen and oxygen atoms in total. The van der Waals surface area contributed by atoms with Gasteiger partial charge in [-0.05, 0) is 75.8 Å². The Hall–Kier alpha value is -4.20. The molecule has 0 spiro atoms. The van der Waals surface area contributed by atoms with Gasteiger partial charge < -0.3 is 20.1 Å². The number of nitriles is 1. The zero-order valence-corrected chi connectivity index (χ0v) is 24.9. The van der Waals surface area contributed by atoms with Crippen molar-refractivity contribution in [2.75, 3.05) is 24.6 Å². The molecule has 43 heavy (non-hydrogen) atoms. The van der Waals surface area contributed by atoms with Crippen LogP contribution in [0.1, 0.15) is 49.5 Å². The minimum atomic E-state index is -1.01. The summed E-state index contributed by atoms with van der Waals surface area (Å²) in [4.78, 5) is 19.9. The lowest BCUT2D eigenvalue weighted by Gasteiger charge is -2.29. The van der Waals surface area contributed by atoms with Gasteiger partial charge in [-0.1, -0.05) is 17.7 Å². The highest BCUT2D eigenvalue weighted by molar-refractivity contribution is 6.33. The summed E-state index contributed by atoms with van der Waals surface area (Å²) in [5, 5.41) is 27.3. The number of carbonyl (C=O) groups excluding carboxylic acids is 1. The van der Waals surface area contributed by atoms with E-state index in [-0.39, 0.29) is 17.2 Å². The lowest BCUT2D eigenvalue weighted by molar-refractivity contribution is 0.0283. The first-order chi connectivity index (χ1) is 20.4. The molecule has 4 aromatic rings. The Morgan fingerprint density at radius 2 is 2.00 bits per heavy atom. The van der Waals surface area contributed by atoms with Gasteiger partial charge >= 0.3 is 0 Å². The van der Waals surface area contributed by atoms with E-state index in [0.717, 1.165) is 42.9 Å². The Bertz CT molecular complexity index is 1710. The van der Waals surface area contributed by atoms with Gasteiger partial charge in [-0.2, -0.15) is 10.4 Å². The Balaban J connectivity index is 1.17. The molecular formula is C32H32ClFN6O3. The number of rotatable bonds is 7. The van der Waals surface area contributed by atoms with E-state index in [0.29, 0.717) is 28.7 Å². The van der Waals surface area contributed by atoms with Crippen molar-refractivity contribution in [2.45, 2.75) is 44.8 Å². The van der Waals surface area contributed by atoms with E-state index in [9.17, 15) is 19.6 Å². The number of carbonyl (C=O) groups is 1. The summed E-state index contributed by atoms with van der Waals surface area (Å²) >= 11 is 6.12. The second-order valence-electron chi connectivity index (χ2n) is 12.5. The van der Waals surface area contributed by atoms with Crippen molar-refractivity contribution >= 4 is 28.8 Å². The highest BCUT2D eigenvalue weighted by Crippen LogP contribution is 2.45. The van der Waals surface area contributed by atoms with Crippen LogP contribution in [0.5, 0.6) is 5.75 Å². The third-order valence-electron chi connectivity index (χ3n) is 8.29. The van der Waals surface area contributed by atoms with Crippen molar-refractivity contribution in [1.29, 1.82) is 5.26 Å². The van der Waals surface area contributed by atoms with E-state index in [2.05, 4.69) is 21.4 Å². The fourth-order valence-electron chi connectivity index (χ4n) is 6.45. The van der Waals surface area contributed by atoms with Crippen LogP contribution in [0.2, 0.25) is 5.02 Å². The molecule has 1 saturated carbocycles. The molecule has 3 aromatic heterocycles. The van der Waals surface area contributed by atoms with Crippen LogP contribution in [0.4, 0.5) is 10.2 Å². The molecule has 1 aromatic carbocycles. The SMILES string of the molecule is CC(C)(O)COc1cc(-c2ccc(N3C[C@@H]4CC(C)(NC(=O)c5c(F)cccc5Cl)C[C@@H]4C3)nc2)c2c(C#N)cnn2c1. The van der Waals surface area contributed by atoms with Crippen molar-refractivity contribution in [2.24, 2.45) is 11.8 Å². The number of fused-ring (bicyclic) bond motifs is 2. The molecule has 2 N–H and O–H groups in total. The summed E-state index contributed by atoms with van der Waals surface area (Å²) in [6.45, 7) is 7.05. The molecule has 1 saturated heterocycles. The molecule has 2 aliphatic rings. The number of benzene rings is 1. The number of nitrogens with zero attached hydrogens (tertiary/aromatic N) is 5. The lowest BCUT2D eigenvalue weighted by Crippen LogP contribution is -2.45. The molecule has 0 bridgehead atoms. The Labute approximate surface area is 253 Å². The van der Waals surface area contributed by atoms with Crippen LogP contribution in [-0.4, -0.2) is 56.4 Å². The molecule has 1 aliphatic carbocycles. The van der Waals surface area contributed by atoms with Crippen LogP contribution < -0.4 is 15.0 Å². The molecule has 6 rings (SSSR count). The lowest BCUT2D eigenvalue weighted by atomic mass is 9.97. The molecule has 1 amide bonds. The molecule has 0 radical (unpaired) electrons. The number of ether oxygens (including phenoxy) is 1.